The Morgan fingerprint density at radius 3 is 2.33 bits per heavy atom. The fraction of sp³-hybridized carbons (Fsp3) is 0.333. The van der Waals surface area contributed by atoms with Crippen molar-refractivity contribution >= 4 is 0 Å². The molecule has 0 fully saturated rings. The highest BCUT2D eigenvalue weighted by molar-refractivity contribution is 5.39. The lowest BCUT2D eigenvalue weighted by molar-refractivity contribution is 0.394. The molecule has 0 aromatic heterocycles. The van der Waals surface area contributed by atoms with Gasteiger partial charge in [-0.3, -0.25) is 0 Å². The predicted octanol–water partition coefficient (Wildman–Crippen LogP) is 4.12. The minimum absolute atomic E-state index is 0.0468. The molecule has 0 bridgehead atoms. The molecule has 0 aliphatic rings. The first kappa shape index (κ1) is 15.4. The minimum atomic E-state index is 0.0468. The Morgan fingerprint density at radius 2 is 1.67 bits per heavy atom. The summed E-state index contributed by atoms with van der Waals surface area (Å²) in [6, 6.07) is 13.9. The standard InChI is InChI=1S/C18H23NO2/c1-12-9-10-15(17(20)11-12)13(2)19-14(3)16-7-5-6-8-18(16)21-4/h5-11,13-14,19-20H,1-4H3/t13?,14-/m1/s1. The second kappa shape index (κ2) is 6.64. The molecule has 0 aliphatic carbocycles. The molecule has 0 saturated heterocycles. The molecule has 112 valence electrons. The second-order valence-corrected chi connectivity index (χ2v) is 5.41. The number of para-hydroxylation sites is 1. The lowest BCUT2D eigenvalue weighted by Crippen LogP contribution is -2.23. The second-order valence-electron chi connectivity index (χ2n) is 5.41. The lowest BCUT2D eigenvalue weighted by atomic mass is 10.0. The summed E-state index contributed by atoms with van der Waals surface area (Å²) < 4.78 is 5.40. The van der Waals surface area contributed by atoms with Gasteiger partial charge in [-0.1, -0.05) is 30.3 Å². The van der Waals surface area contributed by atoms with Crippen LogP contribution in [0, 0.1) is 6.92 Å². The summed E-state index contributed by atoms with van der Waals surface area (Å²) in [5.41, 5.74) is 3.07. The Labute approximate surface area is 126 Å². The van der Waals surface area contributed by atoms with Crippen LogP contribution in [0.1, 0.15) is 42.6 Å². The first-order valence-electron chi connectivity index (χ1n) is 7.21. The van der Waals surface area contributed by atoms with Crippen LogP contribution in [0.4, 0.5) is 0 Å². The Kier molecular flexibility index (Phi) is 4.86. The third-order valence-electron chi connectivity index (χ3n) is 3.76. The van der Waals surface area contributed by atoms with Crippen LogP contribution >= 0.6 is 0 Å². The highest BCUT2D eigenvalue weighted by Gasteiger charge is 2.16. The number of methoxy groups -OCH3 is 1. The van der Waals surface area contributed by atoms with Crippen LogP contribution < -0.4 is 10.1 Å². The van der Waals surface area contributed by atoms with E-state index in [1.165, 1.54) is 0 Å². The van der Waals surface area contributed by atoms with Gasteiger partial charge in [0.1, 0.15) is 11.5 Å². The van der Waals surface area contributed by atoms with Crippen LogP contribution in [0.3, 0.4) is 0 Å². The molecule has 0 radical (unpaired) electrons. The van der Waals surface area contributed by atoms with E-state index in [0.29, 0.717) is 5.75 Å². The molecule has 3 heteroatoms. The number of ether oxygens (including phenoxy) is 1. The van der Waals surface area contributed by atoms with Gasteiger partial charge < -0.3 is 15.2 Å². The highest BCUT2D eigenvalue weighted by atomic mass is 16.5. The summed E-state index contributed by atoms with van der Waals surface area (Å²) >= 11 is 0. The van der Waals surface area contributed by atoms with Crippen LogP contribution in [-0.2, 0) is 0 Å². The van der Waals surface area contributed by atoms with Crippen molar-refractivity contribution in [1.29, 1.82) is 0 Å². The Bertz CT molecular complexity index is 610. The molecule has 0 saturated carbocycles. The number of hydrogen-bond donors (Lipinski definition) is 2. The van der Waals surface area contributed by atoms with Crippen molar-refractivity contribution in [3.63, 3.8) is 0 Å². The summed E-state index contributed by atoms with van der Waals surface area (Å²) in [7, 11) is 1.68. The van der Waals surface area contributed by atoms with Gasteiger partial charge in [0.2, 0.25) is 0 Å². The molecular formula is C18H23NO2. The average Bonchev–Trinajstić information content (AvgIpc) is 2.46. The Morgan fingerprint density at radius 1 is 1.00 bits per heavy atom. The van der Waals surface area contributed by atoms with Gasteiger partial charge in [0.25, 0.3) is 0 Å². The SMILES string of the molecule is COc1ccccc1[C@@H](C)NC(C)c1ccc(C)cc1O. The van der Waals surface area contributed by atoms with E-state index in [2.05, 4.69) is 25.2 Å². The first-order valence-corrected chi connectivity index (χ1v) is 7.21. The molecule has 2 N–H and O–H groups in total. The highest BCUT2D eigenvalue weighted by Crippen LogP contribution is 2.30. The van der Waals surface area contributed by atoms with Gasteiger partial charge in [-0.05, 0) is 38.5 Å². The molecule has 2 atom stereocenters. The van der Waals surface area contributed by atoms with Crippen LogP contribution in [0.5, 0.6) is 11.5 Å². The van der Waals surface area contributed by atoms with Crippen LogP contribution in [0.25, 0.3) is 0 Å². The van der Waals surface area contributed by atoms with Gasteiger partial charge >= 0.3 is 0 Å². The smallest absolute Gasteiger partial charge is 0.123 e. The van der Waals surface area contributed by atoms with E-state index in [1.807, 2.05) is 37.3 Å². The zero-order valence-electron chi connectivity index (χ0n) is 13.1. The molecule has 0 amide bonds. The molecule has 1 unspecified atom stereocenters. The summed E-state index contributed by atoms with van der Waals surface area (Å²) in [5.74, 6) is 1.21. The number of benzene rings is 2. The number of aryl methyl sites for hydroxylation is 1. The quantitative estimate of drug-likeness (QED) is 0.868. The maximum Gasteiger partial charge on any atom is 0.123 e. The van der Waals surface area contributed by atoms with Gasteiger partial charge in [0.15, 0.2) is 0 Å². The predicted molar refractivity (Wildman–Crippen MR) is 85.8 cm³/mol. The van der Waals surface area contributed by atoms with E-state index < -0.39 is 0 Å². The molecule has 0 aliphatic heterocycles. The van der Waals surface area contributed by atoms with Crippen molar-refractivity contribution in [2.75, 3.05) is 7.11 Å². The van der Waals surface area contributed by atoms with Crippen molar-refractivity contribution in [2.24, 2.45) is 0 Å². The van der Waals surface area contributed by atoms with Crippen molar-refractivity contribution in [2.45, 2.75) is 32.9 Å². The van der Waals surface area contributed by atoms with E-state index in [1.54, 1.807) is 13.2 Å². The van der Waals surface area contributed by atoms with Crippen LogP contribution in [-0.4, -0.2) is 12.2 Å². The van der Waals surface area contributed by atoms with E-state index in [-0.39, 0.29) is 12.1 Å². The summed E-state index contributed by atoms with van der Waals surface area (Å²) in [6.07, 6.45) is 0. The lowest BCUT2D eigenvalue weighted by Gasteiger charge is -2.23. The van der Waals surface area contributed by atoms with E-state index in [0.717, 1.165) is 22.4 Å². The van der Waals surface area contributed by atoms with Gasteiger partial charge in [-0.25, -0.2) is 0 Å². The average molecular weight is 285 g/mol. The maximum absolute atomic E-state index is 10.1. The number of phenolic OH excluding ortho intramolecular Hbond substituents is 1. The Balaban J connectivity index is 2.16. The van der Waals surface area contributed by atoms with Crippen molar-refractivity contribution in [3.05, 3.63) is 59.2 Å². The van der Waals surface area contributed by atoms with E-state index >= 15 is 0 Å². The van der Waals surface area contributed by atoms with Gasteiger partial charge in [-0.15, -0.1) is 0 Å². The molecule has 0 heterocycles. The molecular weight excluding hydrogens is 262 g/mol. The zero-order valence-corrected chi connectivity index (χ0v) is 13.1. The summed E-state index contributed by atoms with van der Waals surface area (Å²) in [5, 5.41) is 13.6. The third-order valence-corrected chi connectivity index (χ3v) is 3.76. The molecule has 2 aromatic carbocycles. The molecule has 2 rings (SSSR count). The number of aromatic hydroxyl groups is 1. The molecule has 2 aromatic rings. The monoisotopic (exact) mass is 285 g/mol. The normalized spacial score (nSPS) is 13.7. The number of hydrogen-bond acceptors (Lipinski definition) is 3. The van der Waals surface area contributed by atoms with Crippen LogP contribution in [0.2, 0.25) is 0 Å². The molecule has 0 spiro atoms. The van der Waals surface area contributed by atoms with Gasteiger partial charge in [0, 0.05) is 23.2 Å². The fourth-order valence-electron chi connectivity index (χ4n) is 2.60. The number of rotatable bonds is 5. The number of nitrogens with one attached hydrogen (secondary N) is 1. The van der Waals surface area contributed by atoms with Crippen molar-refractivity contribution in [1.82, 2.24) is 5.32 Å². The van der Waals surface area contributed by atoms with Gasteiger partial charge in [0.05, 0.1) is 7.11 Å². The Hall–Kier alpha value is -2.00. The molecule has 3 nitrogen and oxygen atoms in total. The fourth-order valence-corrected chi connectivity index (χ4v) is 2.60. The number of phenols is 1. The minimum Gasteiger partial charge on any atom is -0.508 e. The van der Waals surface area contributed by atoms with E-state index in [4.69, 9.17) is 4.74 Å². The summed E-state index contributed by atoms with van der Waals surface area (Å²) in [4.78, 5) is 0. The van der Waals surface area contributed by atoms with Gasteiger partial charge in [-0.2, -0.15) is 0 Å². The largest absolute Gasteiger partial charge is 0.508 e. The van der Waals surface area contributed by atoms with Crippen molar-refractivity contribution in [3.8, 4) is 11.5 Å². The van der Waals surface area contributed by atoms with Crippen LogP contribution in [0.15, 0.2) is 42.5 Å². The first-order chi connectivity index (χ1) is 10.0. The zero-order chi connectivity index (χ0) is 15.4. The topological polar surface area (TPSA) is 41.5 Å². The molecule has 21 heavy (non-hydrogen) atoms. The van der Waals surface area contributed by atoms with Crippen molar-refractivity contribution < 1.29 is 9.84 Å². The van der Waals surface area contributed by atoms with E-state index in [9.17, 15) is 5.11 Å². The summed E-state index contributed by atoms with van der Waals surface area (Å²) in [6.45, 7) is 6.12. The maximum atomic E-state index is 10.1. The third kappa shape index (κ3) is 3.56.